The molecule has 0 spiro atoms. The molecule has 220 valence electrons. The van der Waals surface area contributed by atoms with Crippen molar-refractivity contribution in [3.05, 3.63) is 71.9 Å². The van der Waals surface area contributed by atoms with E-state index in [1.807, 2.05) is 30.3 Å². The summed E-state index contributed by atoms with van der Waals surface area (Å²) in [5, 5.41) is 2.11. The number of carbonyl (C=O) groups excluding carboxylic acids is 1. The Bertz CT molecular complexity index is 1590. The number of esters is 1. The van der Waals surface area contributed by atoms with Crippen molar-refractivity contribution in [2.75, 3.05) is 33.7 Å². The van der Waals surface area contributed by atoms with E-state index in [0.29, 0.717) is 25.6 Å². The molecular formula is C33H34ClNO7. The Kier molecular flexibility index (Phi) is 9.22. The molecule has 0 N–H and O–H groups in total. The molecule has 2 aliphatic rings. The van der Waals surface area contributed by atoms with Crippen molar-refractivity contribution >= 4 is 16.7 Å². The summed E-state index contributed by atoms with van der Waals surface area (Å²) in [5.74, 6) is 3.60. The molecule has 42 heavy (non-hydrogen) atoms. The molecule has 0 unspecified atom stereocenters. The zero-order valence-corrected chi connectivity index (χ0v) is 24.6. The lowest BCUT2D eigenvalue weighted by molar-refractivity contribution is -0.686. The quantitative estimate of drug-likeness (QED) is 0.151. The SMILES string of the molecule is CCOC(=O)Cc1cccc(OCCCCOc2c(OC)ccc3cc4[n+](cc23)CCc2cc3c(cc2-4)OCO3)c1.[Cl-]. The van der Waals surface area contributed by atoms with Crippen molar-refractivity contribution in [1.82, 2.24) is 0 Å². The molecule has 8 nitrogen and oxygen atoms in total. The van der Waals surface area contributed by atoms with Gasteiger partial charge in [-0.1, -0.05) is 12.1 Å². The van der Waals surface area contributed by atoms with Crippen LogP contribution in [-0.2, 0) is 28.9 Å². The van der Waals surface area contributed by atoms with Gasteiger partial charge in [0.05, 0.1) is 44.3 Å². The number of aryl methyl sites for hydroxylation is 2. The lowest BCUT2D eigenvalue weighted by atomic mass is 9.95. The minimum atomic E-state index is -0.234. The monoisotopic (exact) mass is 591 g/mol. The van der Waals surface area contributed by atoms with Crippen molar-refractivity contribution in [2.45, 2.75) is 39.2 Å². The van der Waals surface area contributed by atoms with E-state index in [1.165, 1.54) is 11.1 Å². The third-order valence-corrected chi connectivity index (χ3v) is 7.40. The van der Waals surface area contributed by atoms with Gasteiger partial charge in [-0.3, -0.25) is 4.79 Å². The fourth-order valence-electron chi connectivity index (χ4n) is 5.40. The van der Waals surface area contributed by atoms with E-state index in [2.05, 4.69) is 35.0 Å². The van der Waals surface area contributed by atoms with Crippen LogP contribution in [0, 0.1) is 0 Å². The van der Waals surface area contributed by atoms with Crippen molar-refractivity contribution in [2.24, 2.45) is 0 Å². The zero-order valence-electron chi connectivity index (χ0n) is 23.8. The standard InChI is InChI=1S/C33H34NO7.ClH/c1-3-37-32(35)16-22-7-6-8-25(15-22)38-13-4-5-14-39-33-27-20-34-12-11-24-18-30-31(41-21-40-30)19-26(24)28(34)17-23(27)9-10-29(33)36-2;/h6-10,15,17-20H,3-5,11-14,16,21H2,1-2H3;1H/q+1;/p-1. The van der Waals surface area contributed by atoms with Crippen molar-refractivity contribution in [1.29, 1.82) is 0 Å². The number of hydrogen-bond acceptors (Lipinski definition) is 7. The lowest BCUT2D eigenvalue weighted by Gasteiger charge is -2.18. The van der Waals surface area contributed by atoms with Crippen molar-refractivity contribution < 1.29 is 50.2 Å². The Morgan fingerprint density at radius 1 is 0.976 bits per heavy atom. The first kappa shape index (κ1) is 29.3. The maximum atomic E-state index is 11.8. The molecule has 3 heterocycles. The Morgan fingerprint density at radius 3 is 2.60 bits per heavy atom. The molecule has 0 bridgehead atoms. The number of benzene rings is 3. The topological polar surface area (TPSA) is 76.3 Å². The third-order valence-electron chi connectivity index (χ3n) is 7.40. The Morgan fingerprint density at radius 2 is 1.79 bits per heavy atom. The molecular weight excluding hydrogens is 558 g/mol. The first-order valence-electron chi connectivity index (χ1n) is 14.1. The van der Waals surface area contributed by atoms with Crippen LogP contribution in [0.4, 0.5) is 0 Å². The molecule has 4 aromatic rings. The third kappa shape index (κ3) is 6.19. The van der Waals surface area contributed by atoms with E-state index in [4.69, 9.17) is 28.4 Å². The number of halogens is 1. The minimum absolute atomic E-state index is 0. The van der Waals surface area contributed by atoms with Crippen LogP contribution >= 0.6 is 0 Å². The maximum Gasteiger partial charge on any atom is 0.310 e. The lowest BCUT2D eigenvalue weighted by Crippen LogP contribution is -3.00. The second-order valence-electron chi connectivity index (χ2n) is 10.1. The average Bonchev–Trinajstić information content (AvgIpc) is 3.44. The Balaban J connectivity index is 0.00000353. The number of hydrogen-bond donors (Lipinski definition) is 0. The van der Waals surface area contributed by atoms with Crippen molar-refractivity contribution in [3.63, 3.8) is 0 Å². The van der Waals surface area contributed by atoms with Gasteiger partial charge in [-0.15, -0.1) is 0 Å². The van der Waals surface area contributed by atoms with E-state index in [0.717, 1.165) is 70.8 Å². The van der Waals surface area contributed by atoms with Gasteiger partial charge in [-0.05, 0) is 72.7 Å². The highest BCUT2D eigenvalue weighted by atomic mass is 35.5. The highest BCUT2D eigenvalue weighted by Gasteiger charge is 2.28. The molecule has 2 aliphatic heterocycles. The fourth-order valence-corrected chi connectivity index (χ4v) is 5.40. The maximum absolute atomic E-state index is 11.8. The number of pyridine rings is 1. The van der Waals surface area contributed by atoms with E-state index in [1.54, 1.807) is 14.0 Å². The number of fused-ring (bicyclic) bond motifs is 5. The average molecular weight is 592 g/mol. The second kappa shape index (κ2) is 13.2. The number of nitrogens with zero attached hydrogens (tertiary/aromatic N) is 1. The van der Waals surface area contributed by atoms with Gasteiger partial charge in [0.1, 0.15) is 5.75 Å². The van der Waals surface area contributed by atoms with Gasteiger partial charge in [0.25, 0.3) is 0 Å². The molecule has 0 saturated carbocycles. The number of aromatic nitrogens is 1. The molecule has 0 radical (unpaired) electrons. The summed E-state index contributed by atoms with van der Waals surface area (Å²) in [7, 11) is 1.67. The summed E-state index contributed by atoms with van der Waals surface area (Å²) in [5.41, 5.74) is 4.47. The van der Waals surface area contributed by atoms with Crippen LogP contribution in [-0.4, -0.2) is 39.7 Å². The molecule has 9 heteroatoms. The summed E-state index contributed by atoms with van der Waals surface area (Å²) in [4.78, 5) is 11.8. The first-order valence-corrected chi connectivity index (χ1v) is 14.1. The van der Waals surface area contributed by atoms with Gasteiger partial charge >= 0.3 is 5.97 Å². The van der Waals surface area contributed by atoms with E-state index in [-0.39, 0.29) is 31.6 Å². The molecule has 0 saturated heterocycles. The zero-order chi connectivity index (χ0) is 28.2. The van der Waals surface area contributed by atoms with Crippen LogP contribution in [0.3, 0.4) is 0 Å². The minimum Gasteiger partial charge on any atom is -1.00 e. The summed E-state index contributed by atoms with van der Waals surface area (Å²) in [6.07, 6.45) is 4.97. The van der Waals surface area contributed by atoms with Crippen molar-refractivity contribution in [3.8, 4) is 40.0 Å². The van der Waals surface area contributed by atoms with E-state index < -0.39 is 0 Å². The molecule has 0 amide bonds. The second-order valence-corrected chi connectivity index (χ2v) is 10.1. The predicted octanol–water partition coefficient (Wildman–Crippen LogP) is 2.44. The first-order chi connectivity index (χ1) is 20.1. The van der Waals surface area contributed by atoms with Gasteiger partial charge in [-0.2, -0.15) is 4.57 Å². The van der Waals surface area contributed by atoms with Gasteiger partial charge < -0.3 is 40.8 Å². The molecule has 0 fully saturated rings. The number of unbranched alkanes of at least 4 members (excludes halogenated alkanes) is 1. The highest BCUT2D eigenvalue weighted by Crippen LogP contribution is 2.41. The number of rotatable bonds is 11. The molecule has 3 aromatic carbocycles. The summed E-state index contributed by atoms with van der Waals surface area (Å²) in [6.45, 7) is 4.42. The van der Waals surface area contributed by atoms with Gasteiger partial charge in [0, 0.05) is 12.5 Å². The smallest absolute Gasteiger partial charge is 0.310 e. The predicted molar refractivity (Wildman–Crippen MR) is 153 cm³/mol. The van der Waals surface area contributed by atoms with E-state index in [9.17, 15) is 4.79 Å². The van der Waals surface area contributed by atoms with Gasteiger partial charge in [0.2, 0.25) is 12.5 Å². The van der Waals surface area contributed by atoms with Crippen LogP contribution in [0.2, 0.25) is 0 Å². The van der Waals surface area contributed by atoms with Gasteiger partial charge in [-0.25, -0.2) is 0 Å². The van der Waals surface area contributed by atoms with Crippen LogP contribution < -0.4 is 40.7 Å². The number of ether oxygens (including phenoxy) is 6. The molecule has 0 atom stereocenters. The van der Waals surface area contributed by atoms with Crippen LogP contribution in [0.25, 0.3) is 22.0 Å². The summed E-state index contributed by atoms with van der Waals surface area (Å²) in [6, 6.07) is 18.0. The Labute approximate surface area is 251 Å². The van der Waals surface area contributed by atoms with Gasteiger partial charge in [0.15, 0.2) is 35.7 Å². The fraction of sp³-hybridized carbons (Fsp3) is 0.333. The normalized spacial score (nSPS) is 12.6. The summed E-state index contributed by atoms with van der Waals surface area (Å²) >= 11 is 0. The van der Waals surface area contributed by atoms with E-state index >= 15 is 0 Å². The summed E-state index contributed by atoms with van der Waals surface area (Å²) < 4.78 is 36.5. The Hall–Kier alpha value is -4.17. The molecule has 0 aliphatic carbocycles. The number of methoxy groups -OCH3 is 1. The highest BCUT2D eigenvalue weighted by molar-refractivity contribution is 5.91. The van der Waals surface area contributed by atoms with Crippen LogP contribution in [0.5, 0.6) is 28.7 Å². The van der Waals surface area contributed by atoms with Crippen LogP contribution in [0.1, 0.15) is 30.9 Å². The molecule has 1 aromatic heterocycles. The van der Waals surface area contributed by atoms with Crippen LogP contribution in [0.15, 0.2) is 60.8 Å². The largest absolute Gasteiger partial charge is 1.00 e. The molecule has 6 rings (SSSR count). The number of carbonyl (C=O) groups is 1.